The Kier molecular flexibility index (Phi) is 4.52. The molecule has 0 saturated carbocycles. The predicted molar refractivity (Wildman–Crippen MR) is 85.7 cm³/mol. The van der Waals surface area contributed by atoms with Crippen molar-refractivity contribution in [3.05, 3.63) is 47.4 Å². The van der Waals surface area contributed by atoms with E-state index in [-0.39, 0.29) is 12.4 Å². The van der Waals surface area contributed by atoms with E-state index < -0.39 is 23.3 Å². The van der Waals surface area contributed by atoms with Crippen molar-refractivity contribution in [3.8, 4) is 0 Å². The van der Waals surface area contributed by atoms with Crippen molar-refractivity contribution < 1.29 is 18.5 Å². The minimum atomic E-state index is -1.21. The number of rotatable bonds is 6. The smallest absolute Gasteiger partial charge is 0.325 e. The minimum absolute atomic E-state index is 0.0929. The van der Waals surface area contributed by atoms with Gasteiger partial charge in [-0.15, -0.1) is 0 Å². The third-order valence-corrected chi connectivity index (χ3v) is 4.32. The molecule has 0 bridgehead atoms. The lowest BCUT2D eigenvalue weighted by Crippen LogP contribution is -2.43. The van der Waals surface area contributed by atoms with E-state index in [1.807, 2.05) is 6.92 Å². The molecular weight excluding hydrogens is 327 g/mol. The number of benzene rings is 1. The zero-order valence-corrected chi connectivity index (χ0v) is 14.1. The average molecular weight is 346 g/mol. The van der Waals surface area contributed by atoms with E-state index in [1.165, 1.54) is 24.3 Å². The maximum atomic E-state index is 13.2. The van der Waals surface area contributed by atoms with Crippen molar-refractivity contribution in [3.63, 3.8) is 0 Å². The van der Waals surface area contributed by atoms with Gasteiger partial charge in [-0.3, -0.25) is 9.69 Å². The van der Waals surface area contributed by atoms with Gasteiger partial charge in [-0.2, -0.15) is 4.98 Å². The second kappa shape index (κ2) is 6.62. The van der Waals surface area contributed by atoms with Gasteiger partial charge in [-0.1, -0.05) is 31.1 Å². The summed E-state index contributed by atoms with van der Waals surface area (Å²) in [6.45, 7) is 3.69. The fourth-order valence-corrected chi connectivity index (χ4v) is 2.96. The Morgan fingerprint density at radius 2 is 1.96 bits per heavy atom. The Bertz CT molecular complexity index is 789. The van der Waals surface area contributed by atoms with Crippen molar-refractivity contribution in [1.29, 1.82) is 0 Å². The van der Waals surface area contributed by atoms with Crippen LogP contribution in [0.2, 0.25) is 0 Å². The largest absolute Gasteiger partial charge is 0.337 e. The Balaban J connectivity index is 1.86. The number of aromatic nitrogens is 2. The predicted octanol–water partition coefficient (Wildman–Crippen LogP) is 2.52. The minimum Gasteiger partial charge on any atom is -0.337 e. The Hall–Kier alpha value is -2.77. The first-order valence-electron chi connectivity index (χ1n) is 8.21. The number of carbonyl (C=O) groups excluding carboxylic acids is 2. The number of aryl methyl sites for hydroxylation is 1. The molecule has 132 valence electrons. The number of imide groups is 1. The van der Waals surface area contributed by atoms with Gasteiger partial charge in [0.2, 0.25) is 5.89 Å². The van der Waals surface area contributed by atoms with Crippen molar-refractivity contribution in [1.82, 2.24) is 20.4 Å². The molecule has 1 atom stereocenters. The van der Waals surface area contributed by atoms with Crippen LogP contribution in [-0.4, -0.2) is 27.0 Å². The summed E-state index contributed by atoms with van der Waals surface area (Å²) in [7, 11) is 0. The highest BCUT2D eigenvalue weighted by Gasteiger charge is 2.51. The molecule has 1 fully saturated rings. The third kappa shape index (κ3) is 2.99. The summed E-state index contributed by atoms with van der Waals surface area (Å²) in [6, 6.07) is 5.01. The molecule has 0 radical (unpaired) electrons. The standard InChI is InChI=1S/C17H19FN4O3/c1-3-5-13-19-14(25-21-13)10-22-15(23)17(4-2,20-16(22)24)11-6-8-12(18)9-7-11/h6-9H,3-5,10H2,1-2H3,(H,20,24). The van der Waals surface area contributed by atoms with Crippen LogP contribution < -0.4 is 5.32 Å². The summed E-state index contributed by atoms with van der Waals surface area (Å²) in [5.41, 5.74) is -0.675. The molecule has 1 aromatic heterocycles. The van der Waals surface area contributed by atoms with Crippen LogP contribution in [0, 0.1) is 5.82 Å². The number of nitrogens with one attached hydrogen (secondary N) is 1. The lowest BCUT2D eigenvalue weighted by molar-refractivity contribution is -0.132. The summed E-state index contributed by atoms with van der Waals surface area (Å²) in [5.74, 6) is -0.0670. The summed E-state index contributed by atoms with van der Waals surface area (Å²) in [4.78, 5) is 30.6. The molecule has 0 spiro atoms. The van der Waals surface area contributed by atoms with Crippen molar-refractivity contribution >= 4 is 11.9 Å². The lowest BCUT2D eigenvalue weighted by Gasteiger charge is -2.25. The maximum Gasteiger partial charge on any atom is 0.325 e. The van der Waals surface area contributed by atoms with Crippen LogP contribution in [0.5, 0.6) is 0 Å². The molecule has 2 aromatic rings. The number of hydrogen-bond acceptors (Lipinski definition) is 5. The highest BCUT2D eigenvalue weighted by atomic mass is 19.1. The van der Waals surface area contributed by atoms with Crippen LogP contribution in [0.3, 0.4) is 0 Å². The average Bonchev–Trinajstić information content (AvgIpc) is 3.14. The van der Waals surface area contributed by atoms with Crippen LogP contribution in [0.25, 0.3) is 0 Å². The molecule has 1 aromatic carbocycles. The highest BCUT2D eigenvalue weighted by Crippen LogP contribution is 2.33. The fraction of sp³-hybridized carbons (Fsp3) is 0.412. The Labute approximate surface area is 144 Å². The summed E-state index contributed by atoms with van der Waals surface area (Å²) in [5, 5.41) is 6.56. The van der Waals surface area contributed by atoms with Gasteiger partial charge in [0.25, 0.3) is 5.91 Å². The molecule has 0 aliphatic carbocycles. The van der Waals surface area contributed by atoms with Gasteiger partial charge < -0.3 is 9.84 Å². The van der Waals surface area contributed by atoms with E-state index >= 15 is 0 Å². The molecule has 8 heteroatoms. The lowest BCUT2D eigenvalue weighted by atomic mass is 9.87. The molecule has 7 nitrogen and oxygen atoms in total. The number of urea groups is 1. The van der Waals surface area contributed by atoms with Crippen LogP contribution >= 0.6 is 0 Å². The normalized spacial score (nSPS) is 20.2. The molecule has 1 aliphatic rings. The second-order valence-electron chi connectivity index (χ2n) is 5.94. The van der Waals surface area contributed by atoms with Gasteiger partial charge in [0.05, 0.1) is 0 Å². The van der Waals surface area contributed by atoms with E-state index in [9.17, 15) is 14.0 Å². The SMILES string of the molecule is CCCc1noc(CN2C(=O)NC(CC)(c3ccc(F)cc3)C2=O)n1. The van der Waals surface area contributed by atoms with Gasteiger partial charge in [0.1, 0.15) is 17.9 Å². The number of amides is 3. The molecule has 25 heavy (non-hydrogen) atoms. The molecular formula is C17H19FN4O3. The van der Waals surface area contributed by atoms with Crippen LogP contribution in [0.4, 0.5) is 9.18 Å². The summed E-state index contributed by atoms with van der Waals surface area (Å²) < 4.78 is 18.3. The monoisotopic (exact) mass is 346 g/mol. The van der Waals surface area contributed by atoms with Gasteiger partial charge in [-0.05, 0) is 30.5 Å². The fourth-order valence-electron chi connectivity index (χ4n) is 2.96. The van der Waals surface area contributed by atoms with E-state index in [4.69, 9.17) is 4.52 Å². The van der Waals surface area contributed by atoms with Gasteiger partial charge in [0, 0.05) is 6.42 Å². The number of hydrogen-bond donors (Lipinski definition) is 1. The first kappa shape index (κ1) is 17.1. The molecule has 1 N–H and O–H groups in total. The van der Waals surface area contributed by atoms with Crippen molar-refractivity contribution in [2.75, 3.05) is 0 Å². The Morgan fingerprint density at radius 3 is 2.60 bits per heavy atom. The molecule has 1 saturated heterocycles. The van der Waals surface area contributed by atoms with Gasteiger partial charge >= 0.3 is 6.03 Å². The summed E-state index contributed by atoms with van der Waals surface area (Å²) >= 11 is 0. The first-order valence-corrected chi connectivity index (χ1v) is 8.21. The topological polar surface area (TPSA) is 88.3 Å². The van der Waals surface area contributed by atoms with E-state index in [2.05, 4.69) is 15.5 Å². The number of carbonyl (C=O) groups is 2. The van der Waals surface area contributed by atoms with Crippen LogP contribution in [0.15, 0.2) is 28.8 Å². The van der Waals surface area contributed by atoms with E-state index in [0.717, 1.165) is 11.3 Å². The third-order valence-electron chi connectivity index (χ3n) is 4.32. The Morgan fingerprint density at radius 1 is 1.24 bits per heavy atom. The molecule has 3 amide bonds. The number of nitrogens with zero attached hydrogens (tertiary/aromatic N) is 3. The molecule has 3 rings (SSSR count). The highest BCUT2D eigenvalue weighted by molar-refractivity contribution is 6.07. The van der Waals surface area contributed by atoms with E-state index in [1.54, 1.807) is 6.92 Å². The molecule has 2 heterocycles. The zero-order chi connectivity index (χ0) is 18.0. The maximum absolute atomic E-state index is 13.2. The van der Waals surface area contributed by atoms with Gasteiger partial charge in [-0.25, -0.2) is 9.18 Å². The quantitative estimate of drug-likeness (QED) is 0.812. The molecule has 1 aliphatic heterocycles. The van der Waals surface area contributed by atoms with Gasteiger partial charge in [0.15, 0.2) is 5.82 Å². The van der Waals surface area contributed by atoms with E-state index in [0.29, 0.717) is 24.2 Å². The zero-order valence-electron chi connectivity index (χ0n) is 14.1. The van der Waals surface area contributed by atoms with Crippen LogP contribution in [0.1, 0.15) is 44.0 Å². The second-order valence-corrected chi connectivity index (χ2v) is 5.94. The summed E-state index contributed by atoms with van der Waals surface area (Å²) in [6.07, 6.45) is 1.87. The number of halogens is 1. The van der Waals surface area contributed by atoms with Crippen molar-refractivity contribution in [2.45, 2.75) is 45.2 Å². The van der Waals surface area contributed by atoms with Crippen molar-refractivity contribution in [2.24, 2.45) is 0 Å². The van der Waals surface area contributed by atoms with Crippen LogP contribution in [-0.2, 0) is 23.3 Å². The first-order chi connectivity index (χ1) is 12.0. The molecule has 1 unspecified atom stereocenters.